The van der Waals surface area contributed by atoms with E-state index in [0.29, 0.717) is 11.1 Å². The average Bonchev–Trinajstić information content (AvgIpc) is 2.82. The molecule has 0 bridgehead atoms. The molecule has 0 saturated heterocycles. The second-order valence-corrected chi connectivity index (χ2v) is 7.91. The Bertz CT molecular complexity index is 1390. The van der Waals surface area contributed by atoms with Gasteiger partial charge in [-0.05, 0) is 28.7 Å². The lowest BCUT2D eigenvalue weighted by Crippen LogP contribution is -2.08. The number of pyridine rings is 1. The van der Waals surface area contributed by atoms with Crippen LogP contribution in [0.25, 0.3) is 32.8 Å². The molecule has 0 radical (unpaired) electrons. The van der Waals surface area contributed by atoms with Gasteiger partial charge >= 0.3 is 0 Å². The van der Waals surface area contributed by atoms with Crippen molar-refractivity contribution in [2.45, 2.75) is 5.03 Å². The lowest BCUT2D eigenvalue weighted by Gasteiger charge is -2.17. The summed E-state index contributed by atoms with van der Waals surface area (Å²) in [5.74, 6) is 0.00764. The summed E-state index contributed by atoms with van der Waals surface area (Å²) in [5, 5.41) is 3.77. The average molecular weight is 406 g/mol. The van der Waals surface area contributed by atoms with Gasteiger partial charge in [0.2, 0.25) is 0 Å². The maximum absolute atomic E-state index is 14.0. The van der Waals surface area contributed by atoms with Crippen LogP contribution in [-0.4, -0.2) is 17.0 Å². The van der Waals surface area contributed by atoms with Gasteiger partial charge in [0.05, 0.1) is 11.1 Å². The summed E-state index contributed by atoms with van der Waals surface area (Å²) in [5.41, 5.74) is 4.25. The van der Waals surface area contributed by atoms with E-state index in [1.807, 2.05) is 85.1 Å². The van der Waals surface area contributed by atoms with E-state index in [1.165, 1.54) is 11.8 Å². The summed E-state index contributed by atoms with van der Waals surface area (Å²) < 4.78 is 0. The summed E-state index contributed by atoms with van der Waals surface area (Å²) in [6.07, 6.45) is 1.98. The Balaban J connectivity index is 1.87. The van der Waals surface area contributed by atoms with E-state index in [-0.39, 0.29) is 5.78 Å². The molecule has 2 nitrogen and oxygen atoms in total. The molecule has 0 amide bonds. The Labute approximate surface area is 179 Å². The number of carbonyl (C=O) groups is 1. The van der Waals surface area contributed by atoms with Crippen LogP contribution in [0, 0.1) is 0 Å². The van der Waals surface area contributed by atoms with Gasteiger partial charge in [-0.2, -0.15) is 0 Å². The zero-order valence-corrected chi connectivity index (χ0v) is 17.3. The van der Waals surface area contributed by atoms with E-state index in [4.69, 9.17) is 4.98 Å². The Hall–Kier alpha value is -3.43. The van der Waals surface area contributed by atoms with Crippen molar-refractivity contribution in [3.05, 3.63) is 108 Å². The zero-order chi connectivity index (χ0) is 20.5. The van der Waals surface area contributed by atoms with E-state index >= 15 is 0 Å². The molecule has 0 saturated carbocycles. The van der Waals surface area contributed by atoms with Crippen LogP contribution in [0.4, 0.5) is 0 Å². The molecule has 1 aromatic heterocycles. The highest BCUT2D eigenvalue weighted by Crippen LogP contribution is 2.38. The molecule has 1 heterocycles. The fourth-order valence-corrected chi connectivity index (χ4v) is 4.60. The fourth-order valence-electron chi connectivity index (χ4n) is 4.01. The molecule has 0 fully saturated rings. The molecule has 0 spiro atoms. The zero-order valence-electron chi connectivity index (χ0n) is 16.5. The molecule has 4 aromatic carbocycles. The smallest absolute Gasteiger partial charge is 0.197 e. The van der Waals surface area contributed by atoms with Gasteiger partial charge in [-0.1, -0.05) is 91.0 Å². The SMILES string of the molecule is CSc1nc2ccccc2c(-c2ccccc2)c1C(=O)c1cccc2ccccc12. The Morgan fingerprint density at radius 3 is 2.20 bits per heavy atom. The third-order valence-corrected chi connectivity index (χ3v) is 6.06. The maximum atomic E-state index is 14.0. The van der Waals surface area contributed by atoms with Crippen molar-refractivity contribution >= 4 is 39.2 Å². The van der Waals surface area contributed by atoms with E-state index in [9.17, 15) is 4.79 Å². The molecule has 0 unspecified atom stereocenters. The number of hydrogen-bond donors (Lipinski definition) is 0. The van der Waals surface area contributed by atoms with E-state index < -0.39 is 0 Å². The first-order chi connectivity index (χ1) is 14.8. The summed E-state index contributed by atoms with van der Waals surface area (Å²) in [7, 11) is 0. The fraction of sp³-hybridized carbons (Fsp3) is 0.0370. The molecular formula is C27H19NOS. The van der Waals surface area contributed by atoms with Crippen molar-refractivity contribution in [2.24, 2.45) is 0 Å². The third kappa shape index (κ3) is 3.08. The van der Waals surface area contributed by atoms with Gasteiger partial charge in [-0.15, -0.1) is 11.8 Å². The van der Waals surface area contributed by atoms with Crippen molar-refractivity contribution in [1.29, 1.82) is 0 Å². The minimum atomic E-state index is 0.00764. The molecular weight excluding hydrogens is 386 g/mol. The van der Waals surface area contributed by atoms with Crippen molar-refractivity contribution < 1.29 is 4.79 Å². The van der Waals surface area contributed by atoms with Gasteiger partial charge in [0.15, 0.2) is 5.78 Å². The quantitative estimate of drug-likeness (QED) is 0.238. The molecule has 30 heavy (non-hydrogen) atoms. The number of hydrogen-bond acceptors (Lipinski definition) is 3. The molecule has 5 aromatic rings. The van der Waals surface area contributed by atoms with Crippen LogP contribution in [0.2, 0.25) is 0 Å². The minimum Gasteiger partial charge on any atom is -0.288 e. The predicted molar refractivity (Wildman–Crippen MR) is 126 cm³/mol. The van der Waals surface area contributed by atoms with Crippen molar-refractivity contribution in [3.8, 4) is 11.1 Å². The van der Waals surface area contributed by atoms with Crippen molar-refractivity contribution in [3.63, 3.8) is 0 Å². The molecule has 0 aliphatic heterocycles. The molecule has 0 aliphatic carbocycles. The van der Waals surface area contributed by atoms with Crippen LogP contribution in [0.15, 0.2) is 102 Å². The van der Waals surface area contributed by atoms with Crippen LogP contribution in [0.3, 0.4) is 0 Å². The van der Waals surface area contributed by atoms with E-state index in [1.54, 1.807) is 0 Å². The van der Waals surface area contributed by atoms with Crippen molar-refractivity contribution in [1.82, 2.24) is 4.98 Å². The van der Waals surface area contributed by atoms with Gasteiger partial charge in [-0.3, -0.25) is 4.79 Å². The number of aromatic nitrogens is 1. The normalized spacial score (nSPS) is 11.1. The third-order valence-electron chi connectivity index (χ3n) is 5.38. The molecule has 144 valence electrons. The first-order valence-corrected chi connectivity index (χ1v) is 11.0. The Morgan fingerprint density at radius 1 is 0.733 bits per heavy atom. The minimum absolute atomic E-state index is 0.00764. The molecule has 3 heteroatoms. The predicted octanol–water partition coefficient (Wildman–Crippen LogP) is 7.01. The second-order valence-electron chi connectivity index (χ2n) is 7.11. The first kappa shape index (κ1) is 18.6. The van der Waals surface area contributed by atoms with Gasteiger partial charge in [0.25, 0.3) is 0 Å². The molecule has 0 aliphatic rings. The van der Waals surface area contributed by atoms with Crippen LogP contribution in [-0.2, 0) is 0 Å². The number of rotatable bonds is 4. The lowest BCUT2D eigenvalue weighted by atomic mass is 9.90. The highest BCUT2D eigenvalue weighted by atomic mass is 32.2. The number of thioether (sulfide) groups is 1. The standard InChI is InChI=1S/C27H19NOS/c1-30-27-25(26(29)21-16-9-13-18-10-5-6-14-20(18)21)24(19-11-3-2-4-12-19)22-15-7-8-17-23(22)28-27/h2-17H,1H3. The molecule has 0 N–H and O–H groups in total. The number of nitrogens with zero attached hydrogens (tertiary/aromatic N) is 1. The largest absolute Gasteiger partial charge is 0.288 e. The Kier molecular flexibility index (Phi) is 4.82. The first-order valence-electron chi connectivity index (χ1n) is 9.82. The second kappa shape index (κ2) is 7.77. The van der Waals surface area contributed by atoms with Crippen LogP contribution in [0.1, 0.15) is 15.9 Å². The summed E-state index contributed by atoms with van der Waals surface area (Å²) in [6, 6.07) is 32.1. The van der Waals surface area contributed by atoms with Crippen LogP contribution >= 0.6 is 11.8 Å². The summed E-state index contributed by atoms with van der Waals surface area (Å²) in [4.78, 5) is 18.9. The van der Waals surface area contributed by atoms with Gasteiger partial charge in [-0.25, -0.2) is 4.98 Å². The van der Waals surface area contributed by atoms with E-state index in [0.717, 1.165) is 37.8 Å². The highest BCUT2D eigenvalue weighted by molar-refractivity contribution is 7.98. The number of para-hydroxylation sites is 1. The number of benzene rings is 4. The molecule has 5 rings (SSSR count). The van der Waals surface area contributed by atoms with E-state index in [2.05, 4.69) is 18.2 Å². The van der Waals surface area contributed by atoms with Crippen molar-refractivity contribution in [2.75, 3.05) is 6.26 Å². The number of fused-ring (bicyclic) bond motifs is 2. The maximum Gasteiger partial charge on any atom is 0.197 e. The Morgan fingerprint density at radius 2 is 1.40 bits per heavy atom. The lowest BCUT2D eigenvalue weighted by molar-refractivity contribution is 0.103. The summed E-state index contributed by atoms with van der Waals surface area (Å²) >= 11 is 1.52. The van der Waals surface area contributed by atoms with Gasteiger partial charge < -0.3 is 0 Å². The number of carbonyl (C=O) groups excluding carboxylic acids is 1. The van der Waals surface area contributed by atoms with Crippen LogP contribution < -0.4 is 0 Å². The summed E-state index contributed by atoms with van der Waals surface area (Å²) in [6.45, 7) is 0. The monoisotopic (exact) mass is 405 g/mol. The number of ketones is 1. The highest BCUT2D eigenvalue weighted by Gasteiger charge is 2.24. The van der Waals surface area contributed by atoms with Gasteiger partial charge in [0, 0.05) is 16.5 Å². The molecule has 0 atom stereocenters. The van der Waals surface area contributed by atoms with Gasteiger partial charge in [0.1, 0.15) is 5.03 Å². The topological polar surface area (TPSA) is 30.0 Å². The van der Waals surface area contributed by atoms with Crippen LogP contribution in [0.5, 0.6) is 0 Å².